The Labute approximate surface area is 139 Å². The molecule has 116 valence electrons. The molecule has 1 amide bonds. The van der Waals surface area contributed by atoms with Crippen LogP contribution in [0.4, 0.5) is 0 Å². The average molecular weight is 328 g/mol. The maximum Gasteiger partial charge on any atom is 0.254 e. The van der Waals surface area contributed by atoms with Crippen molar-refractivity contribution in [2.45, 2.75) is 13.0 Å². The molecular formula is C17H14ClN3O2. The lowest BCUT2D eigenvalue weighted by atomic mass is 10.2. The molecule has 1 N–H and O–H groups in total. The predicted molar refractivity (Wildman–Crippen MR) is 88.2 cm³/mol. The third kappa shape index (κ3) is 5.81. The molecule has 2 aromatic rings. The highest BCUT2D eigenvalue weighted by Gasteiger charge is 1.98. The summed E-state index contributed by atoms with van der Waals surface area (Å²) < 4.78 is 5.67. The average Bonchev–Trinajstić information content (AvgIpc) is 2.54. The van der Waals surface area contributed by atoms with E-state index < -0.39 is 5.91 Å². The van der Waals surface area contributed by atoms with Gasteiger partial charge in [-0.15, -0.1) is 0 Å². The molecule has 0 saturated heterocycles. The molecule has 0 aliphatic heterocycles. The van der Waals surface area contributed by atoms with Crippen molar-refractivity contribution in [3.63, 3.8) is 0 Å². The summed E-state index contributed by atoms with van der Waals surface area (Å²) in [5.41, 5.74) is 4.06. The lowest BCUT2D eigenvalue weighted by molar-refractivity contribution is -0.120. The number of hydrogen-bond acceptors (Lipinski definition) is 4. The summed E-state index contributed by atoms with van der Waals surface area (Å²) in [6, 6.07) is 16.5. The Hall–Kier alpha value is -2.84. The summed E-state index contributed by atoms with van der Waals surface area (Å²) in [7, 11) is 0. The van der Waals surface area contributed by atoms with Gasteiger partial charge in [0.05, 0.1) is 12.3 Å². The van der Waals surface area contributed by atoms with Crippen LogP contribution in [-0.2, 0) is 11.4 Å². The predicted octanol–water partition coefficient (Wildman–Crippen LogP) is 3.28. The molecule has 0 aromatic heterocycles. The third-order valence-corrected chi connectivity index (χ3v) is 3.05. The smallest absolute Gasteiger partial charge is 0.254 e. The molecule has 5 nitrogen and oxygen atoms in total. The maximum atomic E-state index is 11.1. The lowest BCUT2D eigenvalue weighted by Gasteiger charge is -2.06. The monoisotopic (exact) mass is 327 g/mol. The van der Waals surface area contributed by atoms with Crippen molar-refractivity contribution >= 4 is 23.7 Å². The Kier molecular flexibility index (Phi) is 6.16. The van der Waals surface area contributed by atoms with Crippen LogP contribution in [0.1, 0.15) is 17.5 Å². The normalized spacial score (nSPS) is 10.3. The number of hydrogen-bond donors (Lipinski definition) is 1. The molecule has 0 spiro atoms. The minimum atomic E-state index is -0.440. The number of carbonyl (C=O) groups is 1. The number of carbonyl (C=O) groups excluding carboxylic acids is 1. The van der Waals surface area contributed by atoms with Crippen LogP contribution >= 0.6 is 11.6 Å². The highest BCUT2D eigenvalue weighted by Crippen LogP contribution is 2.15. The molecule has 6 heteroatoms. The number of nitrogens with one attached hydrogen (secondary N) is 1. The molecule has 0 fully saturated rings. The minimum Gasteiger partial charge on any atom is -0.489 e. The molecule has 0 aliphatic rings. The number of hydrazone groups is 1. The zero-order valence-corrected chi connectivity index (χ0v) is 13.0. The first kappa shape index (κ1) is 16.5. The topological polar surface area (TPSA) is 74.5 Å². The second-order valence-electron chi connectivity index (χ2n) is 4.62. The SMILES string of the molecule is N#CCC(=O)N/N=C\c1ccc(OCc2cccc(Cl)c2)cc1. The summed E-state index contributed by atoms with van der Waals surface area (Å²) >= 11 is 5.92. The van der Waals surface area contributed by atoms with Gasteiger partial charge in [0.25, 0.3) is 5.91 Å². The highest BCUT2D eigenvalue weighted by atomic mass is 35.5. The Morgan fingerprint density at radius 2 is 2.09 bits per heavy atom. The fourth-order valence-corrected chi connectivity index (χ4v) is 1.95. The first-order valence-electron chi connectivity index (χ1n) is 6.83. The van der Waals surface area contributed by atoms with Crippen molar-refractivity contribution in [2.24, 2.45) is 5.10 Å². The number of benzene rings is 2. The van der Waals surface area contributed by atoms with Crippen LogP contribution < -0.4 is 10.2 Å². The quantitative estimate of drug-likeness (QED) is 0.653. The van der Waals surface area contributed by atoms with Gasteiger partial charge in [0.1, 0.15) is 18.8 Å². The second kappa shape index (κ2) is 8.57. The van der Waals surface area contributed by atoms with E-state index in [9.17, 15) is 4.79 Å². The fraction of sp³-hybridized carbons (Fsp3) is 0.118. The molecular weight excluding hydrogens is 314 g/mol. The molecule has 2 rings (SSSR count). The van der Waals surface area contributed by atoms with Gasteiger partial charge in [-0.1, -0.05) is 23.7 Å². The maximum absolute atomic E-state index is 11.1. The third-order valence-electron chi connectivity index (χ3n) is 2.82. The first-order chi connectivity index (χ1) is 11.2. The second-order valence-corrected chi connectivity index (χ2v) is 5.05. The lowest BCUT2D eigenvalue weighted by Crippen LogP contribution is -2.16. The van der Waals surface area contributed by atoms with Crippen LogP contribution in [0.2, 0.25) is 5.02 Å². The van der Waals surface area contributed by atoms with Crippen molar-refractivity contribution in [3.05, 3.63) is 64.7 Å². The van der Waals surface area contributed by atoms with Crippen LogP contribution in [-0.4, -0.2) is 12.1 Å². The van der Waals surface area contributed by atoms with E-state index in [4.69, 9.17) is 21.6 Å². The fourth-order valence-electron chi connectivity index (χ4n) is 1.73. The Morgan fingerprint density at radius 1 is 1.30 bits per heavy atom. The molecule has 0 unspecified atom stereocenters. The van der Waals surface area contributed by atoms with Gasteiger partial charge < -0.3 is 4.74 Å². The summed E-state index contributed by atoms with van der Waals surface area (Å²) in [4.78, 5) is 11.1. The van der Waals surface area contributed by atoms with E-state index in [0.717, 1.165) is 16.9 Å². The minimum absolute atomic E-state index is 0.215. The van der Waals surface area contributed by atoms with Crippen LogP contribution in [0.5, 0.6) is 5.75 Å². The molecule has 0 bridgehead atoms. The van der Waals surface area contributed by atoms with E-state index in [1.165, 1.54) is 6.21 Å². The summed E-state index contributed by atoms with van der Waals surface area (Å²) in [5.74, 6) is 0.279. The zero-order chi connectivity index (χ0) is 16.5. The molecule has 2 aromatic carbocycles. The van der Waals surface area contributed by atoms with Gasteiger partial charge in [0.2, 0.25) is 0 Å². The van der Waals surface area contributed by atoms with Gasteiger partial charge in [-0.3, -0.25) is 4.79 Å². The van der Waals surface area contributed by atoms with Crippen LogP contribution in [0.25, 0.3) is 0 Å². The summed E-state index contributed by atoms with van der Waals surface area (Å²) in [5, 5.41) is 12.8. The Balaban J connectivity index is 1.86. The van der Waals surface area contributed by atoms with Gasteiger partial charge in [-0.25, -0.2) is 5.43 Å². The number of amides is 1. The number of rotatable bonds is 6. The van der Waals surface area contributed by atoms with Gasteiger partial charge in [-0.2, -0.15) is 10.4 Å². The largest absolute Gasteiger partial charge is 0.489 e. The molecule has 23 heavy (non-hydrogen) atoms. The van der Waals surface area contributed by atoms with Crippen molar-refractivity contribution in [1.82, 2.24) is 5.43 Å². The Bertz CT molecular complexity index is 736. The standard InChI is InChI=1S/C17H14ClN3O2/c18-15-3-1-2-14(10-15)12-23-16-6-4-13(5-7-16)11-20-21-17(22)8-9-19/h1-7,10-11H,8,12H2,(H,21,22)/b20-11-. The zero-order valence-electron chi connectivity index (χ0n) is 12.2. The summed E-state index contributed by atoms with van der Waals surface area (Å²) in [6.07, 6.45) is 1.28. The molecule has 0 radical (unpaired) electrons. The van der Waals surface area contributed by atoms with Gasteiger partial charge >= 0.3 is 0 Å². The van der Waals surface area contributed by atoms with E-state index in [2.05, 4.69) is 10.5 Å². The van der Waals surface area contributed by atoms with Crippen LogP contribution in [0.3, 0.4) is 0 Å². The van der Waals surface area contributed by atoms with Crippen LogP contribution in [0, 0.1) is 11.3 Å². The van der Waals surface area contributed by atoms with Gasteiger partial charge in [0, 0.05) is 5.02 Å². The van der Waals surface area contributed by atoms with Crippen molar-refractivity contribution < 1.29 is 9.53 Å². The van der Waals surface area contributed by atoms with E-state index >= 15 is 0 Å². The van der Waals surface area contributed by atoms with Crippen LogP contribution in [0.15, 0.2) is 53.6 Å². The van der Waals surface area contributed by atoms with Crippen molar-refractivity contribution in [1.29, 1.82) is 5.26 Å². The van der Waals surface area contributed by atoms with Gasteiger partial charge in [-0.05, 0) is 47.5 Å². The molecule has 0 heterocycles. The number of halogens is 1. The van der Waals surface area contributed by atoms with Gasteiger partial charge in [0.15, 0.2) is 0 Å². The number of nitriles is 1. The van der Waals surface area contributed by atoms with E-state index in [-0.39, 0.29) is 6.42 Å². The van der Waals surface area contributed by atoms with Crippen molar-refractivity contribution in [3.8, 4) is 11.8 Å². The number of nitrogens with zero attached hydrogens (tertiary/aromatic N) is 2. The highest BCUT2D eigenvalue weighted by molar-refractivity contribution is 6.30. The van der Waals surface area contributed by atoms with E-state index in [1.807, 2.05) is 48.5 Å². The van der Waals surface area contributed by atoms with Crippen molar-refractivity contribution in [2.75, 3.05) is 0 Å². The molecule has 0 saturated carbocycles. The Morgan fingerprint density at radius 3 is 2.78 bits per heavy atom. The molecule has 0 atom stereocenters. The number of ether oxygens (including phenoxy) is 1. The first-order valence-corrected chi connectivity index (χ1v) is 7.21. The van der Waals surface area contributed by atoms with E-state index in [0.29, 0.717) is 11.6 Å². The molecule has 0 aliphatic carbocycles. The summed E-state index contributed by atoms with van der Waals surface area (Å²) in [6.45, 7) is 0.429. The van der Waals surface area contributed by atoms with E-state index in [1.54, 1.807) is 6.07 Å².